The summed E-state index contributed by atoms with van der Waals surface area (Å²) in [6.07, 6.45) is 1.34. The van der Waals surface area contributed by atoms with Crippen LogP contribution >= 0.6 is 0 Å². The fourth-order valence-electron chi connectivity index (χ4n) is 4.57. The van der Waals surface area contributed by atoms with Crippen LogP contribution in [-0.4, -0.2) is 46.0 Å². The quantitative estimate of drug-likeness (QED) is 0.498. The van der Waals surface area contributed by atoms with Gasteiger partial charge in [0.1, 0.15) is 12.2 Å². The minimum Gasteiger partial charge on any atom is -0.481 e. The summed E-state index contributed by atoms with van der Waals surface area (Å²) in [4.78, 5) is 36.2. The van der Waals surface area contributed by atoms with Crippen molar-refractivity contribution >= 4 is 23.8 Å². The molecule has 174 valence electrons. The first-order valence-corrected chi connectivity index (χ1v) is 11.1. The van der Waals surface area contributed by atoms with Gasteiger partial charge in [0, 0.05) is 25.7 Å². The van der Waals surface area contributed by atoms with Crippen molar-refractivity contribution in [2.24, 2.45) is 18.9 Å². The molecular formula is C25H24N4O5. The van der Waals surface area contributed by atoms with Crippen LogP contribution in [0.5, 0.6) is 0 Å². The minimum atomic E-state index is -0.849. The number of amides is 2. The van der Waals surface area contributed by atoms with Crippen LogP contribution in [-0.2, 0) is 16.6 Å². The van der Waals surface area contributed by atoms with E-state index < -0.39 is 23.9 Å². The average molecular weight is 460 g/mol. The van der Waals surface area contributed by atoms with Crippen LogP contribution in [0.3, 0.4) is 0 Å². The number of anilines is 1. The van der Waals surface area contributed by atoms with Crippen molar-refractivity contribution in [2.45, 2.75) is 12.3 Å². The predicted molar refractivity (Wildman–Crippen MR) is 123 cm³/mol. The van der Waals surface area contributed by atoms with Gasteiger partial charge in [0.2, 0.25) is 0 Å². The molecule has 3 aromatic rings. The molecule has 9 nitrogen and oxygen atoms in total. The highest BCUT2D eigenvalue weighted by atomic mass is 16.5. The molecule has 2 atom stereocenters. The molecular weight excluding hydrogens is 436 g/mol. The third kappa shape index (κ3) is 4.12. The predicted octanol–water partition coefficient (Wildman–Crippen LogP) is 3.23. The molecule has 1 fully saturated rings. The second kappa shape index (κ2) is 8.66. The minimum absolute atomic E-state index is 0.0725. The Morgan fingerprint density at radius 3 is 2.35 bits per heavy atom. The van der Waals surface area contributed by atoms with Gasteiger partial charge in [-0.1, -0.05) is 48.5 Å². The summed E-state index contributed by atoms with van der Waals surface area (Å²) < 4.78 is 6.96. The van der Waals surface area contributed by atoms with Crippen molar-refractivity contribution in [3.63, 3.8) is 0 Å². The van der Waals surface area contributed by atoms with E-state index in [1.54, 1.807) is 7.05 Å². The van der Waals surface area contributed by atoms with Crippen LogP contribution < -0.4 is 10.6 Å². The molecule has 0 aliphatic heterocycles. The van der Waals surface area contributed by atoms with Crippen molar-refractivity contribution in [3.8, 4) is 11.1 Å². The molecule has 3 N–H and O–H groups in total. The molecule has 0 radical (unpaired) electrons. The number of hydrogen-bond donors (Lipinski definition) is 3. The van der Waals surface area contributed by atoms with Crippen molar-refractivity contribution in [1.82, 2.24) is 15.1 Å². The molecule has 34 heavy (non-hydrogen) atoms. The Bertz CT molecular complexity index is 1240. The molecule has 2 aliphatic carbocycles. The van der Waals surface area contributed by atoms with Gasteiger partial charge in [-0.3, -0.25) is 19.6 Å². The topological polar surface area (TPSA) is 123 Å². The molecule has 2 unspecified atom stereocenters. The standard InChI is InChI=1S/C25H24N4O5/c1-29-12-20(23(30)26-11-14-10-19(14)24(31)32)22(28-29)27-25(33)34-13-21-17-8-4-2-6-15(17)16-7-3-5-9-18(16)21/h2-9,12,14,19,21H,10-11,13H2,1H3,(H,26,30)(H,31,32)(H,27,28,33). The number of nitrogens with zero attached hydrogens (tertiary/aromatic N) is 2. The summed E-state index contributed by atoms with van der Waals surface area (Å²) in [7, 11) is 1.64. The number of rotatable bonds is 7. The molecule has 0 saturated heterocycles. The lowest BCUT2D eigenvalue weighted by molar-refractivity contribution is -0.138. The van der Waals surface area contributed by atoms with E-state index in [1.165, 1.54) is 10.9 Å². The molecule has 9 heteroatoms. The van der Waals surface area contributed by atoms with E-state index in [-0.39, 0.29) is 36.4 Å². The van der Waals surface area contributed by atoms with Gasteiger partial charge in [-0.05, 0) is 34.6 Å². The van der Waals surface area contributed by atoms with E-state index in [2.05, 4.69) is 27.9 Å². The maximum absolute atomic E-state index is 12.6. The largest absolute Gasteiger partial charge is 0.481 e. The van der Waals surface area contributed by atoms with Crippen LogP contribution in [0.15, 0.2) is 54.7 Å². The lowest BCUT2D eigenvalue weighted by atomic mass is 9.98. The van der Waals surface area contributed by atoms with Crippen LogP contribution in [0.2, 0.25) is 0 Å². The first-order chi connectivity index (χ1) is 16.4. The fraction of sp³-hybridized carbons (Fsp3) is 0.280. The molecule has 1 aromatic heterocycles. The second-order valence-corrected chi connectivity index (χ2v) is 8.67. The highest BCUT2D eigenvalue weighted by Crippen LogP contribution is 2.44. The van der Waals surface area contributed by atoms with Gasteiger partial charge in [-0.2, -0.15) is 5.10 Å². The van der Waals surface area contributed by atoms with Gasteiger partial charge in [0.05, 0.1) is 5.92 Å². The van der Waals surface area contributed by atoms with Crippen LogP contribution in [0.25, 0.3) is 11.1 Å². The van der Waals surface area contributed by atoms with Crippen LogP contribution in [0.1, 0.15) is 33.8 Å². The Morgan fingerprint density at radius 2 is 1.74 bits per heavy atom. The van der Waals surface area contributed by atoms with Crippen molar-refractivity contribution in [2.75, 3.05) is 18.5 Å². The van der Waals surface area contributed by atoms with Crippen LogP contribution in [0, 0.1) is 11.8 Å². The van der Waals surface area contributed by atoms with Gasteiger partial charge >= 0.3 is 12.1 Å². The molecule has 2 aromatic carbocycles. The summed E-state index contributed by atoms with van der Waals surface area (Å²) >= 11 is 0. The van der Waals surface area contributed by atoms with E-state index in [0.29, 0.717) is 6.42 Å². The number of hydrogen-bond acceptors (Lipinski definition) is 5. The number of carboxylic acids is 1. The van der Waals surface area contributed by atoms with Gasteiger partial charge < -0.3 is 15.2 Å². The number of ether oxygens (including phenoxy) is 1. The zero-order valence-corrected chi connectivity index (χ0v) is 18.5. The van der Waals surface area contributed by atoms with Crippen molar-refractivity contribution in [3.05, 3.63) is 71.4 Å². The maximum atomic E-state index is 12.6. The molecule has 2 amide bonds. The number of aromatic nitrogens is 2. The summed E-state index contributed by atoms with van der Waals surface area (Å²) in [5.41, 5.74) is 4.67. The number of carbonyl (C=O) groups is 3. The summed E-state index contributed by atoms with van der Waals surface area (Å²) in [5.74, 6) is -1.76. The van der Waals surface area contributed by atoms with Crippen molar-refractivity contribution < 1.29 is 24.2 Å². The zero-order valence-electron chi connectivity index (χ0n) is 18.5. The first kappa shape index (κ1) is 21.7. The average Bonchev–Trinajstić information content (AvgIpc) is 3.43. The zero-order chi connectivity index (χ0) is 23.8. The third-order valence-electron chi connectivity index (χ3n) is 6.40. The highest BCUT2D eigenvalue weighted by molar-refractivity contribution is 6.01. The van der Waals surface area contributed by atoms with E-state index in [9.17, 15) is 14.4 Å². The fourth-order valence-corrected chi connectivity index (χ4v) is 4.57. The lowest BCUT2D eigenvalue weighted by Gasteiger charge is -2.14. The SMILES string of the molecule is Cn1cc(C(=O)NCC2CC2C(=O)O)c(NC(=O)OCC2c3ccccc3-c3ccccc32)n1. The normalized spacial score (nSPS) is 18.0. The van der Waals surface area contributed by atoms with E-state index in [4.69, 9.17) is 9.84 Å². The first-order valence-electron chi connectivity index (χ1n) is 11.1. The van der Waals surface area contributed by atoms with Gasteiger partial charge in [0.15, 0.2) is 5.82 Å². The Balaban J connectivity index is 1.22. The number of benzene rings is 2. The lowest BCUT2D eigenvalue weighted by Crippen LogP contribution is -2.27. The Hall–Kier alpha value is -4.14. The third-order valence-corrected chi connectivity index (χ3v) is 6.40. The molecule has 5 rings (SSSR count). The molecule has 0 bridgehead atoms. The summed E-state index contributed by atoms with van der Waals surface area (Å²) in [5, 5.41) is 18.5. The molecule has 0 spiro atoms. The van der Waals surface area contributed by atoms with E-state index in [0.717, 1.165) is 22.3 Å². The van der Waals surface area contributed by atoms with Gasteiger partial charge in [-0.15, -0.1) is 0 Å². The Morgan fingerprint density at radius 1 is 1.09 bits per heavy atom. The number of aliphatic carboxylic acids is 1. The number of carbonyl (C=O) groups excluding carboxylic acids is 2. The van der Waals surface area contributed by atoms with Gasteiger partial charge in [0.25, 0.3) is 5.91 Å². The van der Waals surface area contributed by atoms with Crippen molar-refractivity contribution in [1.29, 1.82) is 0 Å². The number of fused-ring (bicyclic) bond motifs is 3. The maximum Gasteiger partial charge on any atom is 0.412 e. The number of nitrogens with one attached hydrogen (secondary N) is 2. The smallest absolute Gasteiger partial charge is 0.412 e. The monoisotopic (exact) mass is 460 g/mol. The number of aryl methyl sites for hydroxylation is 1. The number of carboxylic acid groups (broad SMARTS) is 1. The van der Waals surface area contributed by atoms with Gasteiger partial charge in [-0.25, -0.2) is 4.79 Å². The Kier molecular flexibility index (Phi) is 5.53. The summed E-state index contributed by atoms with van der Waals surface area (Å²) in [6.45, 7) is 0.404. The Labute approximate surface area is 195 Å². The second-order valence-electron chi connectivity index (χ2n) is 8.67. The van der Waals surface area contributed by atoms with E-state index in [1.807, 2.05) is 36.4 Å². The van der Waals surface area contributed by atoms with Crippen LogP contribution in [0.4, 0.5) is 10.6 Å². The summed E-state index contributed by atoms with van der Waals surface area (Å²) in [6, 6.07) is 16.1. The molecule has 1 heterocycles. The molecule has 2 aliphatic rings. The molecule has 1 saturated carbocycles. The van der Waals surface area contributed by atoms with E-state index >= 15 is 0 Å². The highest BCUT2D eigenvalue weighted by Gasteiger charge is 2.43.